The van der Waals surface area contributed by atoms with Crippen molar-refractivity contribution in [1.29, 1.82) is 0 Å². The van der Waals surface area contributed by atoms with Gasteiger partial charge in [-0.15, -0.1) is 0 Å². The fraction of sp³-hybridized carbons (Fsp3) is 0.478. The number of ether oxygens (including phenoxy) is 2. The number of rotatable bonds is 13. The van der Waals surface area contributed by atoms with Gasteiger partial charge in [0.05, 0.1) is 7.11 Å². The van der Waals surface area contributed by atoms with E-state index < -0.39 is 0 Å². The molecule has 0 saturated carbocycles. The van der Waals surface area contributed by atoms with Gasteiger partial charge in [-0.05, 0) is 42.3 Å². The van der Waals surface area contributed by atoms with E-state index in [1.165, 1.54) is 38.5 Å². The Kier molecular flexibility index (Phi) is 10.6. The summed E-state index contributed by atoms with van der Waals surface area (Å²) in [5.41, 5.74) is 2.01. The van der Waals surface area contributed by atoms with Gasteiger partial charge in [-0.25, -0.2) is 0 Å². The van der Waals surface area contributed by atoms with Crippen LogP contribution >= 0.6 is 23.2 Å². The molecule has 0 fully saturated rings. The van der Waals surface area contributed by atoms with Crippen LogP contribution in [-0.2, 0) is 13.2 Å². The van der Waals surface area contributed by atoms with E-state index in [1.807, 2.05) is 36.4 Å². The topological polar surface area (TPSA) is 30.5 Å². The summed E-state index contributed by atoms with van der Waals surface area (Å²) in [7, 11) is 1.64. The highest BCUT2D eigenvalue weighted by molar-refractivity contribution is 6.31. The molecule has 2 aromatic rings. The van der Waals surface area contributed by atoms with E-state index in [4.69, 9.17) is 32.7 Å². The van der Waals surface area contributed by atoms with Crippen LogP contribution in [-0.4, -0.2) is 13.7 Å². The molecular weight excluding hydrogens is 393 g/mol. The lowest BCUT2D eigenvalue weighted by Gasteiger charge is -2.14. The van der Waals surface area contributed by atoms with Gasteiger partial charge in [0, 0.05) is 22.7 Å². The highest BCUT2D eigenvalue weighted by Crippen LogP contribution is 2.34. The maximum Gasteiger partial charge on any atom is 0.163 e. The predicted molar refractivity (Wildman–Crippen MR) is 119 cm³/mol. The number of nitrogens with one attached hydrogen (secondary N) is 1. The van der Waals surface area contributed by atoms with Gasteiger partial charge >= 0.3 is 0 Å². The van der Waals surface area contributed by atoms with E-state index >= 15 is 0 Å². The zero-order valence-electron chi connectivity index (χ0n) is 16.9. The molecule has 0 aliphatic carbocycles. The van der Waals surface area contributed by atoms with E-state index in [2.05, 4.69) is 12.2 Å². The molecule has 0 radical (unpaired) electrons. The first-order valence-electron chi connectivity index (χ1n) is 10.1. The van der Waals surface area contributed by atoms with Crippen molar-refractivity contribution < 1.29 is 9.47 Å². The Bertz CT molecular complexity index is 722. The van der Waals surface area contributed by atoms with Crippen molar-refractivity contribution in [2.45, 2.75) is 58.6 Å². The van der Waals surface area contributed by atoms with Crippen LogP contribution in [0, 0.1) is 0 Å². The van der Waals surface area contributed by atoms with Crippen molar-refractivity contribution in [3.05, 3.63) is 57.6 Å². The van der Waals surface area contributed by atoms with Gasteiger partial charge in [0.1, 0.15) is 6.61 Å². The Morgan fingerprint density at radius 2 is 1.71 bits per heavy atom. The van der Waals surface area contributed by atoms with Crippen LogP contribution in [0.15, 0.2) is 36.4 Å². The molecule has 0 heterocycles. The second kappa shape index (κ2) is 12.9. The predicted octanol–water partition coefficient (Wildman–Crippen LogP) is 7.03. The van der Waals surface area contributed by atoms with Crippen molar-refractivity contribution in [3.8, 4) is 11.5 Å². The Morgan fingerprint density at radius 3 is 2.46 bits per heavy atom. The molecule has 0 bridgehead atoms. The van der Waals surface area contributed by atoms with Crippen LogP contribution in [0.3, 0.4) is 0 Å². The summed E-state index contributed by atoms with van der Waals surface area (Å²) in [6.45, 7) is 4.37. The lowest BCUT2D eigenvalue weighted by molar-refractivity contribution is 0.284. The Morgan fingerprint density at radius 1 is 0.929 bits per heavy atom. The SMILES string of the molecule is CCCCCCCCNCc1cc(OC)c(OCc2cccc(Cl)c2)cc1Cl. The number of methoxy groups -OCH3 is 1. The smallest absolute Gasteiger partial charge is 0.163 e. The van der Waals surface area contributed by atoms with Crippen LogP contribution in [0.4, 0.5) is 0 Å². The molecule has 0 saturated heterocycles. The van der Waals surface area contributed by atoms with Crippen molar-refractivity contribution in [3.63, 3.8) is 0 Å². The summed E-state index contributed by atoms with van der Waals surface area (Å²) < 4.78 is 11.4. The van der Waals surface area contributed by atoms with E-state index in [1.54, 1.807) is 7.11 Å². The lowest BCUT2D eigenvalue weighted by atomic mass is 10.1. The minimum Gasteiger partial charge on any atom is -0.493 e. The van der Waals surface area contributed by atoms with Crippen molar-refractivity contribution >= 4 is 23.2 Å². The number of hydrogen-bond acceptors (Lipinski definition) is 3. The van der Waals surface area contributed by atoms with Crippen LogP contribution in [0.2, 0.25) is 10.0 Å². The first-order chi connectivity index (χ1) is 13.6. The number of hydrogen-bond donors (Lipinski definition) is 1. The Labute approximate surface area is 179 Å². The average molecular weight is 424 g/mol. The summed E-state index contributed by atoms with van der Waals surface area (Å²) in [4.78, 5) is 0. The fourth-order valence-corrected chi connectivity index (χ4v) is 3.46. The van der Waals surface area contributed by atoms with Crippen LogP contribution in [0.5, 0.6) is 11.5 Å². The van der Waals surface area contributed by atoms with Gasteiger partial charge in [-0.1, -0.05) is 74.4 Å². The molecule has 0 aromatic heterocycles. The van der Waals surface area contributed by atoms with E-state index in [-0.39, 0.29) is 0 Å². The molecule has 2 aromatic carbocycles. The standard InChI is InChI=1S/C23H31Cl2NO2/c1-3-4-5-6-7-8-12-26-16-19-14-22(27-2)23(15-21(19)25)28-17-18-10-9-11-20(24)13-18/h9-11,13-15,26H,3-8,12,16-17H2,1-2H3. The molecule has 1 N–H and O–H groups in total. The molecule has 0 atom stereocenters. The second-order valence-corrected chi connectivity index (χ2v) is 7.80. The molecule has 0 aliphatic rings. The van der Waals surface area contributed by atoms with E-state index in [9.17, 15) is 0 Å². The maximum atomic E-state index is 6.47. The Hall–Kier alpha value is -1.42. The summed E-state index contributed by atoms with van der Waals surface area (Å²) in [5.74, 6) is 1.31. The minimum absolute atomic E-state index is 0.406. The third-order valence-corrected chi connectivity index (χ3v) is 5.23. The van der Waals surface area contributed by atoms with Crippen LogP contribution in [0.1, 0.15) is 56.6 Å². The first kappa shape index (κ1) is 22.9. The number of benzene rings is 2. The monoisotopic (exact) mass is 423 g/mol. The minimum atomic E-state index is 0.406. The lowest BCUT2D eigenvalue weighted by Crippen LogP contribution is -2.15. The number of unbranched alkanes of at least 4 members (excludes halogenated alkanes) is 5. The van der Waals surface area contributed by atoms with Gasteiger partial charge in [0.25, 0.3) is 0 Å². The first-order valence-corrected chi connectivity index (χ1v) is 10.8. The van der Waals surface area contributed by atoms with E-state index in [0.717, 1.165) is 24.2 Å². The van der Waals surface area contributed by atoms with Crippen LogP contribution < -0.4 is 14.8 Å². The van der Waals surface area contributed by atoms with Gasteiger partial charge < -0.3 is 14.8 Å². The molecule has 0 aliphatic heterocycles. The average Bonchev–Trinajstić information content (AvgIpc) is 2.69. The quantitative estimate of drug-likeness (QED) is 0.350. The normalized spacial score (nSPS) is 10.9. The highest BCUT2D eigenvalue weighted by Gasteiger charge is 2.11. The van der Waals surface area contributed by atoms with Crippen molar-refractivity contribution in [2.24, 2.45) is 0 Å². The maximum absolute atomic E-state index is 6.47. The number of halogens is 2. The van der Waals surface area contributed by atoms with Gasteiger partial charge in [-0.3, -0.25) is 0 Å². The molecule has 0 unspecified atom stereocenters. The highest BCUT2D eigenvalue weighted by atomic mass is 35.5. The summed E-state index contributed by atoms with van der Waals surface area (Å²) in [5, 5.41) is 4.84. The molecule has 154 valence electrons. The molecule has 2 rings (SSSR count). The molecular formula is C23H31Cl2NO2. The zero-order chi connectivity index (χ0) is 20.2. The molecule has 3 nitrogen and oxygen atoms in total. The van der Waals surface area contributed by atoms with Crippen LogP contribution in [0.25, 0.3) is 0 Å². The largest absolute Gasteiger partial charge is 0.493 e. The summed E-state index contributed by atoms with van der Waals surface area (Å²) in [6, 6.07) is 11.4. The summed E-state index contributed by atoms with van der Waals surface area (Å²) >= 11 is 12.5. The van der Waals surface area contributed by atoms with E-state index in [0.29, 0.717) is 28.2 Å². The molecule has 0 spiro atoms. The van der Waals surface area contributed by atoms with Gasteiger partial charge in [0.2, 0.25) is 0 Å². The molecule has 0 amide bonds. The fourth-order valence-electron chi connectivity index (χ4n) is 3.03. The third kappa shape index (κ3) is 7.90. The second-order valence-electron chi connectivity index (χ2n) is 6.96. The van der Waals surface area contributed by atoms with Gasteiger partial charge in [0.15, 0.2) is 11.5 Å². The summed E-state index contributed by atoms with van der Waals surface area (Å²) in [6.07, 6.45) is 7.77. The molecule has 28 heavy (non-hydrogen) atoms. The van der Waals surface area contributed by atoms with Gasteiger partial charge in [-0.2, -0.15) is 0 Å². The zero-order valence-corrected chi connectivity index (χ0v) is 18.4. The Balaban J connectivity index is 1.84. The van der Waals surface area contributed by atoms with Crippen molar-refractivity contribution in [1.82, 2.24) is 5.32 Å². The molecule has 5 heteroatoms. The van der Waals surface area contributed by atoms with Crippen molar-refractivity contribution in [2.75, 3.05) is 13.7 Å². The third-order valence-electron chi connectivity index (χ3n) is 4.64.